The number of hydrogen-bond acceptors (Lipinski definition) is 1. The Morgan fingerprint density at radius 1 is 1.05 bits per heavy atom. The number of carbonyl (C=O) groups is 1. The summed E-state index contributed by atoms with van der Waals surface area (Å²) in [6.07, 6.45) is 0. The highest BCUT2D eigenvalue weighted by Crippen LogP contribution is 2.11. The van der Waals surface area contributed by atoms with Crippen LogP contribution >= 0.6 is 15.9 Å². The number of halogens is 1. The second kappa shape index (κ2) is 6.21. The molecule has 0 aliphatic rings. The number of para-hydroxylation sites is 1. The highest BCUT2D eigenvalue weighted by Gasteiger charge is 2.06. The summed E-state index contributed by atoms with van der Waals surface area (Å²) in [5.74, 6) is 5.27. The monoisotopic (exact) mass is 313 g/mol. The van der Waals surface area contributed by atoms with Crippen LogP contribution in [-0.4, -0.2) is 13.0 Å². The van der Waals surface area contributed by atoms with Gasteiger partial charge in [0.05, 0.1) is 0 Å². The molecule has 0 heterocycles. The minimum absolute atomic E-state index is 0.228. The topological polar surface area (TPSA) is 20.3 Å². The molecule has 0 fully saturated rings. The lowest BCUT2D eigenvalue weighted by atomic mass is 10.2. The van der Waals surface area contributed by atoms with Crippen molar-refractivity contribution in [3.8, 4) is 11.8 Å². The predicted octanol–water partition coefficient (Wildman–Crippen LogP) is 3.46. The Hall–Kier alpha value is -2.05. The number of rotatable bonds is 1. The molecule has 0 unspecified atom stereocenters. The Bertz CT molecular complexity index is 623. The van der Waals surface area contributed by atoms with E-state index in [0.29, 0.717) is 0 Å². The second-order valence-corrected chi connectivity index (χ2v) is 4.87. The van der Waals surface area contributed by atoms with Crippen LogP contribution in [-0.2, 0) is 4.79 Å². The molecule has 0 saturated heterocycles. The van der Waals surface area contributed by atoms with E-state index in [1.807, 2.05) is 54.6 Å². The Morgan fingerprint density at radius 3 is 2.32 bits per heavy atom. The molecule has 1 amide bonds. The zero-order valence-corrected chi connectivity index (χ0v) is 12.0. The molecule has 0 aromatic heterocycles. The molecule has 2 rings (SSSR count). The summed E-state index contributed by atoms with van der Waals surface area (Å²) in [7, 11) is 1.72. The average Bonchev–Trinajstić information content (AvgIpc) is 2.46. The van der Waals surface area contributed by atoms with Crippen molar-refractivity contribution in [3.63, 3.8) is 0 Å². The highest BCUT2D eigenvalue weighted by atomic mass is 79.9. The van der Waals surface area contributed by atoms with Gasteiger partial charge in [-0.05, 0) is 36.4 Å². The van der Waals surface area contributed by atoms with Gasteiger partial charge in [0.1, 0.15) is 0 Å². The van der Waals surface area contributed by atoms with Crippen LogP contribution in [0.15, 0.2) is 59.1 Å². The lowest BCUT2D eigenvalue weighted by molar-refractivity contribution is -0.113. The van der Waals surface area contributed by atoms with E-state index in [0.717, 1.165) is 15.7 Å². The van der Waals surface area contributed by atoms with Gasteiger partial charge >= 0.3 is 5.91 Å². The molecule has 0 saturated carbocycles. The summed E-state index contributed by atoms with van der Waals surface area (Å²) in [5, 5.41) is 0. The van der Waals surface area contributed by atoms with Gasteiger partial charge in [0.15, 0.2) is 0 Å². The third-order valence-corrected chi connectivity index (χ3v) is 3.13. The van der Waals surface area contributed by atoms with Crippen LogP contribution in [0.25, 0.3) is 0 Å². The molecule has 0 radical (unpaired) electrons. The van der Waals surface area contributed by atoms with Gasteiger partial charge in [-0.1, -0.05) is 40.0 Å². The SMILES string of the molecule is CN(C(=O)C#Cc1ccc(Br)cc1)c1ccccc1. The molecule has 0 atom stereocenters. The fourth-order valence-electron chi connectivity index (χ4n) is 1.51. The predicted molar refractivity (Wildman–Crippen MR) is 80.9 cm³/mol. The lowest BCUT2D eigenvalue weighted by Gasteiger charge is -2.13. The highest BCUT2D eigenvalue weighted by molar-refractivity contribution is 9.10. The number of amides is 1. The largest absolute Gasteiger partial charge is 0.305 e. The number of nitrogens with zero attached hydrogens (tertiary/aromatic N) is 1. The standard InChI is InChI=1S/C16H12BrNO/c1-18(15-5-3-2-4-6-15)16(19)12-9-13-7-10-14(17)11-8-13/h2-8,10-11H,1H3. The summed E-state index contributed by atoms with van der Waals surface area (Å²) in [4.78, 5) is 13.5. The van der Waals surface area contributed by atoms with E-state index in [2.05, 4.69) is 27.8 Å². The molecule has 0 aliphatic carbocycles. The van der Waals surface area contributed by atoms with Gasteiger partial charge in [0.2, 0.25) is 0 Å². The van der Waals surface area contributed by atoms with E-state index >= 15 is 0 Å². The Balaban J connectivity index is 2.12. The first kappa shape index (κ1) is 13.4. The van der Waals surface area contributed by atoms with E-state index in [1.54, 1.807) is 7.05 Å². The smallest absolute Gasteiger partial charge is 0.302 e. The van der Waals surface area contributed by atoms with Crippen molar-refractivity contribution in [2.75, 3.05) is 11.9 Å². The molecule has 2 nitrogen and oxygen atoms in total. The van der Waals surface area contributed by atoms with Gasteiger partial charge in [-0.15, -0.1) is 0 Å². The van der Waals surface area contributed by atoms with Crippen LogP contribution in [0.2, 0.25) is 0 Å². The van der Waals surface area contributed by atoms with E-state index in [9.17, 15) is 4.79 Å². The first-order valence-electron chi connectivity index (χ1n) is 5.77. The van der Waals surface area contributed by atoms with Crippen LogP contribution in [0, 0.1) is 11.8 Å². The molecule has 19 heavy (non-hydrogen) atoms. The van der Waals surface area contributed by atoms with Crippen molar-refractivity contribution in [1.29, 1.82) is 0 Å². The van der Waals surface area contributed by atoms with Crippen molar-refractivity contribution in [1.82, 2.24) is 0 Å². The third kappa shape index (κ3) is 3.70. The lowest BCUT2D eigenvalue weighted by Crippen LogP contribution is -2.24. The van der Waals surface area contributed by atoms with Crippen LogP contribution in [0.5, 0.6) is 0 Å². The first-order chi connectivity index (χ1) is 9.16. The van der Waals surface area contributed by atoms with Gasteiger partial charge in [0.25, 0.3) is 0 Å². The van der Waals surface area contributed by atoms with E-state index in [1.165, 1.54) is 4.90 Å². The summed E-state index contributed by atoms with van der Waals surface area (Å²) in [6.45, 7) is 0. The van der Waals surface area contributed by atoms with Crippen molar-refractivity contribution >= 4 is 27.5 Å². The van der Waals surface area contributed by atoms with Crippen molar-refractivity contribution in [2.45, 2.75) is 0 Å². The molecule has 0 spiro atoms. The normalized spacial score (nSPS) is 9.37. The van der Waals surface area contributed by atoms with Crippen molar-refractivity contribution in [2.24, 2.45) is 0 Å². The summed E-state index contributed by atoms with van der Waals surface area (Å²) >= 11 is 3.36. The van der Waals surface area contributed by atoms with Crippen LogP contribution in [0.4, 0.5) is 5.69 Å². The van der Waals surface area contributed by atoms with E-state index in [-0.39, 0.29) is 5.91 Å². The number of benzene rings is 2. The van der Waals surface area contributed by atoms with Gasteiger partial charge in [-0.3, -0.25) is 4.79 Å². The van der Waals surface area contributed by atoms with E-state index in [4.69, 9.17) is 0 Å². The quantitative estimate of drug-likeness (QED) is 0.738. The average molecular weight is 314 g/mol. The van der Waals surface area contributed by atoms with Gasteiger partial charge in [-0.2, -0.15) is 0 Å². The zero-order chi connectivity index (χ0) is 13.7. The van der Waals surface area contributed by atoms with Crippen molar-refractivity contribution in [3.05, 3.63) is 64.6 Å². The van der Waals surface area contributed by atoms with Crippen molar-refractivity contribution < 1.29 is 4.79 Å². The van der Waals surface area contributed by atoms with Gasteiger partial charge in [-0.25, -0.2) is 0 Å². The molecule has 3 heteroatoms. The second-order valence-electron chi connectivity index (χ2n) is 3.96. The summed E-state index contributed by atoms with van der Waals surface area (Å²) < 4.78 is 0.991. The molecular weight excluding hydrogens is 302 g/mol. The summed E-state index contributed by atoms with van der Waals surface area (Å²) in [5.41, 5.74) is 1.65. The fraction of sp³-hybridized carbons (Fsp3) is 0.0625. The maximum atomic E-state index is 11.9. The van der Waals surface area contributed by atoms with Gasteiger partial charge < -0.3 is 4.90 Å². The first-order valence-corrected chi connectivity index (χ1v) is 6.56. The molecule has 0 bridgehead atoms. The van der Waals surface area contributed by atoms with Crippen LogP contribution in [0.1, 0.15) is 5.56 Å². The van der Waals surface area contributed by atoms with Crippen LogP contribution in [0.3, 0.4) is 0 Å². The molecule has 0 aliphatic heterocycles. The maximum absolute atomic E-state index is 11.9. The zero-order valence-electron chi connectivity index (χ0n) is 10.4. The minimum Gasteiger partial charge on any atom is -0.305 e. The molecular formula is C16H12BrNO. The fourth-order valence-corrected chi connectivity index (χ4v) is 1.78. The molecule has 2 aromatic rings. The molecule has 2 aromatic carbocycles. The summed E-state index contributed by atoms with van der Waals surface area (Å²) in [6, 6.07) is 17.0. The Labute approximate surface area is 121 Å². The van der Waals surface area contributed by atoms with E-state index < -0.39 is 0 Å². The number of carbonyl (C=O) groups excluding carboxylic acids is 1. The number of hydrogen-bond donors (Lipinski definition) is 0. The van der Waals surface area contributed by atoms with Gasteiger partial charge in [0, 0.05) is 28.7 Å². The van der Waals surface area contributed by atoms with Crippen LogP contribution < -0.4 is 4.90 Å². The maximum Gasteiger partial charge on any atom is 0.302 e. The molecule has 0 N–H and O–H groups in total. The molecule has 94 valence electrons. The number of anilines is 1. The Morgan fingerprint density at radius 2 is 1.68 bits per heavy atom. The Kier molecular flexibility index (Phi) is 4.38. The minimum atomic E-state index is -0.228. The third-order valence-electron chi connectivity index (χ3n) is 2.61.